The van der Waals surface area contributed by atoms with Crippen molar-refractivity contribution >= 4 is 22.5 Å². The summed E-state index contributed by atoms with van der Waals surface area (Å²) in [5.74, 6) is 0.458. The van der Waals surface area contributed by atoms with Gasteiger partial charge in [0.05, 0.1) is 5.52 Å². The van der Waals surface area contributed by atoms with Gasteiger partial charge in [0.25, 0.3) is 11.5 Å². The van der Waals surface area contributed by atoms with Gasteiger partial charge in [0.1, 0.15) is 5.75 Å². The Morgan fingerprint density at radius 2 is 1.89 bits per heavy atom. The Labute approximate surface area is 157 Å². The highest BCUT2D eigenvalue weighted by Crippen LogP contribution is 2.27. The summed E-state index contributed by atoms with van der Waals surface area (Å²) >= 11 is 0. The smallest absolute Gasteiger partial charge is 0.262 e. The van der Waals surface area contributed by atoms with Crippen LogP contribution in [-0.4, -0.2) is 17.5 Å². The minimum atomic E-state index is -0.238. The second kappa shape index (κ2) is 7.27. The molecule has 0 aliphatic heterocycles. The van der Waals surface area contributed by atoms with Gasteiger partial charge in [-0.15, -0.1) is 0 Å². The number of aromatic nitrogens is 1. The average Bonchev–Trinajstić information content (AvgIpc) is 2.67. The van der Waals surface area contributed by atoms with Crippen LogP contribution in [0.1, 0.15) is 29.5 Å². The Morgan fingerprint density at radius 3 is 2.70 bits per heavy atom. The summed E-state index contributed by atoms with van der Waals surface area (Å²) < 4.78 is 5.58. The van der Waals surface area contributed by atoms with E-state index in [9.17, 15) is 9.59 Å². The predicted molar refractivity (Wildman–Crippen MR) is 107 cm³/mol. The van der Waals surface area contributed by atoms with Gasteiger partial charge in [-0.05, 0) is 61.9 Å². The first kappa shape index (κ1) is 17.3. The summed E-state index contributed by atoms with van der Waals surface area (Å²) in [5.41, 5.74) is 4.45. The highest BCUT2D eigenvalue weighted by atomic mass is 16.5. The van der Waals surface area contributed by atoms with Gasteiger partial charge in [-0.25, -0.2) is 0 Å². The van der Waals surface area contributed by atoms with Crippen molar-refractivity contribution in [2.75, 3.05) is 11.9 Å². The number of nitrogens with one attached hydrogen (secondary N) is 2. The first-order valence-corrected chi connectivity index (χ1v) is 9.28. The van der Waals surface area contributed by atoms with E-state index in [1.807, 2.05) is 49.4 Å². The number of pyridine rings is 1. The number of rotatable bonds is 4. The molecule has 0 atom stereocenters. The SMILES string of the molecule is Cc1ccccc1OCC(=O)Nc1ccc2c3c(c(=O)[nH]c2c1)CCCC3. The van der Waals surface area contributed by atoms with E-state index in [1.165, 1.54) is 0 Å². The molecule has 2 N–H and O–H groups in total. The van der Waals surface area contributed by atoms with Gasteiger partial charge in [0.2, 0.25) is 0 Å². The molecule has 3 aromatic rings. The van der Waals surface area contributed by atoms with Gasteiger partial charge in [-0.1, -0.05) is 24.3 Å². The van der Waals surface area contributed by atoms with Crippen molar-refractivity contribution in [2.45, 2.75) is 32.6 Å². The number of carbonyl (C=O) groups is 1. The highest BCUT2D eigenvalue weighted by Gasteiger charge is 2.16. The van der Waals surface area contributed by atoms with Crippen molar-refractivity contribution in [1.29, 1.82) is 0 Å². The summed E-state index contributed by atoms with van der Waals surface area (Å²) in [4.78, 5) is 27.5. The Hall–Kier alpha value is -3.08. The van der Waals surface area contributed by atoms with Gasteiger partial charge >= 0.3 is 0 Å². The normalized spacial score (nSPS) is 13.2. The molecule has 1 aliphatic carbocycles. The van der Waals surface area contributed by atoms with Gasteiger partial charge in [-0.3, -0.25) is 9.59 Å². The number of carbonyl (C=O) groups excluding carboxylic acids is 1. The zero-order chi connectivity index (χ0) is 18.8. The molecule has 0 unspecified atom stereocenters. The van der Waals surface area contributed by atoms with E-state index in [4.69, 9.17) is 4.74 Å². The van der Waals surface area contributed by atoms with E-state index in [0.717, 1.165) is 53.3 Å². The number of H-pyrrole nitrogens is 1. The lowest BCUT2D eigenvalue weighted by Crippen LogP contribution is -2.21. The van der Waals surface area contributed by atoms with E-state index in [0.29, 0.717) is 11.4 Å². The first-order chi connectivity index (χ1) is 13.1. The third-order valence-electron chi connectivity index (χ3n) is 5.07. The fraction of sp³-hybridized carbons (Fsp3) is 0.273. The number of aromatic amines is 1. The zero-order valence-corrected chi connectivity index (χ0v) is 15.3. The maximum Gasteiger partial charge on any atom is 0.262 e. The number of fused-ring (bicyclic) bond motifs is 3. The van der Waals surface area contributed by atoms with Crippen LogP contribution in [-0.2, 0) is 17.6 Å². The fourth-order valence-corrected chi connectivity index (χ4v) is 3.70. The molecule has 5 nitrogen and oxygen atoms in total. The second-order valence-corrected chi connectivity index (χ2v) is 6.98. The van der Waals surface area contributed by atoms with Crippen LogP contribution in [0.25, 0.3) is 10.9 Å². The van der Waals surface area contributed by atoms with E-state index in [2.05, 4.69) is 10.3 Å². The number of anilines is 1. The minimum Gasteiger partial charge on any atom is -0.483 e. The molecule has 0 fully saturated rings. The van der Waals surface area contributed by atoms with Gasteiger partial charge in [0, 0.05) is 16.6 Å². The molecule has 1 aliphatic rings. The number of para-hydroxylation sites is 1. The van der Waals surface area contributed by atoms with Crippen LogP contribution in [0.15, 0.2) is 47.3 Å². The molecule has 4 rings (SSSR count). The second-order valence-electron chi connectivity index (χ2n) is 6.98. The molecule has 1 aromatic heterocycles. The van der Waals surface area contributed by atoms with Crippen LogP contribution in [0.5, 0.6) is 5.75 Å². The number of hydrogen-bond acceptors (Lipinski definition) is 3. The molecule has 1 amide bonds. The van der Waals surface area contributed by atoms with Crippen molar-refractivity contribution in [3.8, 4) is 5.75 Å². The van der Waals surface area contributed by atoms with Crippen molar-refractivity contribution in [2.24, 2.45) is 0 Å². The van der Waals surface area contributed by atoms with Crippen molar-refractivity contribution in [3.05, 3.63) is 69.5 Å². The molecule has 2 aromatic carbocycles. The third-order valence-corrected chi connectivity index (χ3v) is 5.07. The van der Waals surface area contributed by atoms with Gasteiger partial charge in [0.15, 0.2) is 6.61 Å². The molecular weight excluding hydrogens is 340 g/mol. The summed E-state index contributed by atoms with van der Waals surface area (Å²) in [6.45, 7) is 1.87. The lowest BCUT2D eigenvalue weighted by atomic mass is 9.90. The van der Waals surface area contributed by atoms with Crippen LogP contribution in [0, 0.1) is 6.92 Å². The Balaban J connectivity index is 1.51. The van der Waals surface area contributed by atoms with Crippen molar-refractivity contribution in [3.63, 3.8) is 0 Å². The number of aryl methyl sites for hydroxylation is 2. The van der Waals surface area contributed by atoms with E-state index >= 15 is 0 Å². The first-order valence-electron chi connectivity index (χ1n) is 9.28. The Kier molecular flexibility index (Phi) is 4.67. The average molecular weight is 362 g/mol. The summed E-state index contributed by atoms with van der Waals surface area (Å²) in [5, 5.41) is 3.91. The standard InChI is InChI=1S/C22H22N2O3/c1-14-6-2-5-9-20(14)27-13-21(25)23-15-10-11-17-16-7-3-4-8-18(16)22(26)24-19(17)12-15/h2,5-6,9-12H,3-4,7-8,13H2,1H3,(H,23,25)(H,24,26). The molecular formula is C22H22N2O3. The third kappa shape index (κ3) is 3.58. The number of benzene rings is 2. The molecule has 5 heteroatoms. The number of amides is 1. The number of hydrogen-bond donors (Lipinski definition) is 2. The van der Waals surface area contributed by atoms with E-state index < -0.39 is 0 Å². The maximum atomic E-state index is 12.3. The summed E-state index contributed by atoms with van der Waals surface area (Å²) in [6.07, 6.45) is 3.96. The quantitative estimate of drug-likeness (QED) is 0.743. The zero-order valence-electron chi connectivity index (χ0n) is 15.3. The fourth-order valence-electron chi connectivity index (χ4n) is 3.70. The molecule has 138 valence electrons. The lowest BCUT2D eigenvalue weighted by molar-refractivity contribution is -0.118. The molecule has 1 heterocycles. The van der Waals surface area contributed by atoms with Crippen LogP contribution < -0.4 is 15.6 Å². The molecule has 0 radical (unpaired) electrons. The molecule has 0 saturated carbocycles. The lowest BCUT2D eigenvalue weighted by Gasteiger charge is -2.17. The Morgan fingerprint density at radius 1 is 1.11 bits per heavy atom. The van der Waals surface area contributed by atoms with Crippen LogP contribution in [0.4, 0.5) is 5.69 Å². The van der Waals surface area contributed by atoms with Crippen LogP contribution in [0.2, 0.25) is 0 Å². The summed E-state index contributed by atoms with van der Waals surface area (Å²) in [6, 6.07) is 13.3. The van der Waals surface area contributed by atoms with Crippen molar-refractivity contribution < 1.29 is 9.53 Å². The molecule has 0 bridgehead atoms. The predicted octanol–water partition coefficient (Wildman–Crippen LogP) is 3.73. The van der Waals surface area contributed by atoms with Crippen molar-refractivity contribution in [1.82, 2.24) is 4.98 Å². The molecule has 0 spiro atoms. The maximum absolute atomic E-state index is 12.3. The molecule has 27 heavy (non-hydrogen) atoms. The largest absolute Gasteiger partial charge is 0.483 e. The van der Waals surface area contributed by atoms with E-state index in [-0.39, 0.29) is 18.1 Å². The molecule has 0 saturated heterocycles. The minimum absolute atomic E-state index is 0.0106. The van der Waals surface area contributed by atoms with Crippen LogP contribution in [0.3, 0.4) is 0 Å². The summed E-state index contributed by atoms with van der Waals surface area (Å²) in [7, 11) is 0. The van der Waals surface area contributed by atoms with Gasteiger partial charge in [-0.2, -0.15) is 0 Å². The highest BCUT2D eigenvalue weighted by molar-refractivity contribution is 5.95. The van der Waals surface area contributed by atoms with Crippen LogP contribution >= 0.6 is 0 Å². The Bertz CT molecular complexity index is 1070. The number of ether oxygens (including phenoxy) is 1. The monoisotopic (exact) mass is 362 g/mol. The topological polar surface area (TPSA) is 71.2 Å². The van der Waals surface area contributed by atoms with E-state index in [1.54, 1.807) is 0 Å². The van der Waals surface area contributed by atoms with Gasteiger partial charge < -0.3 is 15.0 Å².